The van der Waals surface area contributed by atoms with Crippen LogP contribution in [0, 0.1) is 17.2 Å². The largest absolute Gasteiger partial charge is 0.376 e. The third-order valence-electron chi connectivity index (χ3n) is 3.05. The van der Waals surface area contributed by atoms with Gasteiger partial charge in [0.1, 0.15) is 6.10 Å². The first-order chi connectivity index (χ1) is 8.54. The van der Waals surface area contributed by atoms with Gasteiger partial charge in [0.05, 0.1) is 24.7 Å². The van der Waals surface area contributed by atoms with E-state index in [-0.39, 0.29) is 17.9 Å². The van der Waals surface area contributed by atoms with Gasteiger partial charge in [-0.3, -0.25) is 4.79 Å². The molecule has 1 rings (SSSR count). The number of likely N-dealkylation sites (N-methyl/N-ethyl adjacent to an activating group) is 1. The van der Waals surface area contributed by atoms with Crippen LogP contribution in [0.25, 0.3) is 0 Å². The molecule has 18 heavy (non-hydrogen) atoms. The smallest absolute Gasteiger partial charge is 0.251 e. The lowest BCUT2D eigenvalue weighted by Crippen LogP contribution is -2.39. The Balaban J connectivity index is 2.28. The molecule has 0 aliphatic carbocycles. The third kappa shape index (κ3) is 4.63. The van der Waals surface area contributed by atoms with Crippen molar-refractivity contribution in [2.45, 2.75) is 38.9 Å². The Bertz CT molecular complexity index is 308. The lowest BCUT2D eigenvalue weighted by atomic mass is 10.2. The lowest BCUT2D eigenvalue weighted by molar-refractivity contribution is -0.143. The summed E-state index contributed by atoms with van der Waals surface area (Å²) in [6, 6.07) is 2.11. The molecule has 1 amide bonds. The maximum atomic E-state index is 11.9. The highest BCUT2D eigenvalue weighted by molar-refractivity contribution is 5.80. The van der Waals surface area contributed by atoms with Gasteiger partial charge in [-0.05, 0) is 26.7 Å². The van der Waals surface area contributed by atoms with Crippen LogP contribution in [0.15, 0.2) is 0 Å². The molecule has 0 aromatic heterocycles. The van der Waals surface area contributed by atoms with Gasteiger partial charge in [-0.15, -0.1) is 0 Å². The molecule has 102 valence electrons. The first-order valence-corrected chi connectivity index (χ1v) is 6.42. The normalized spacial score (nSPS) is 22.2. The highest BCUT2D eigenvalue weighted by Crippen LogP contribution is 2.13. The van der Waals surface area contributed by atoms with Gasteiger partial charge in [-0.1, -0.05) is 0 Å². The van der Waals surface area contributed by atoms with Crippen molar-refractivity contribution in [1.82, 2.24) is 4.90 Å². The number of ether oxygens (including phenoxy) is 2. The Morgan fingerprint density at radius 1 is 1.61 bits per heavy atom. The Labute approximate surface area is 109 Å². The molecule has 0 aromatic rings. The molecule has 0 radical (unpaired) electrons. The van der Waals surface area contributed by atoms with E-state index in [1.165, 1.54) is 0 Å². The first kappa shape index (κ1) is 14.9. The van der Waals surface area contributed by atoms with E-state index >= 15 is 0 Å². The van der Waals surface area contributed by atoms with E-state index in [4.69, 9.17) is 14.7 Å². The quantitative estimate of drug-likeness (QED) is 0.714. The summed E-state index contributed by atoms with van der Waals surface area (Å²) >= 11 is 0. The molecular formula is C13H22N2O3. The topological polar surface area (TPSA) is 62.6 Å². The zero-order valence-corrected chi connectivity index (χ0v) is 11.4. The highest BCUT2D eigenvalue weighted by atomic mass is 16.5. The van der Waals surface area contributed by atoms with Gasteiger partial charge in [-0.25, -0.2) is 0 Å². The van der Waals surface area contributed by atoms with Crippen LogP contribution in [-0.4, -0.2) is 49.8 Å². The van der Waals surface area contributed by atoms with E-state index in [2.05, 4.69) is 6.07 Å². The van der Waals surface area contributed by atoms with Crippen molar-refractivity contribution in [2.24, 2.45) is 5.92 Å². The van der Waals surface area contributed by atoms with Crippen molar-refractivity contribution in [3.8, 4) is 6.07 Å². The van der Waals surface area contributed by atoms with Crippen LogP contribution in [0.1, 0.15) is 26.7 Å². The number of nitriles is 1. The van der Waals surface area contributed by atoms with E-state index in [1.807, 2.05) is 0 Å². The molecular weight excluding hydrogens is 232 g/mol. The summed E-state index contributed by atoms with van der Waals surface area (Å²) in [6.45, 7) is 5.22. The van der Waals surface area contributed by atoms with Crippen molar-refractivity contribution in [3.63, 3.8) is 0 Å². The molecule has 5 heteroatoms. The molecule has 1 saturated heterocycles. The van der Waals surface area contributed by atoms with Crippen LogP contribution in [0.3, 0.4) is 0 Å². The number of carbonyl (C=O) groups is 1. The fourth-order valence-electron chi connectivity index (χ4n) is 1.95. The lowest BCUT2D eigenvalue weighted by Gasteiger charge is -2.23. The Kier molecular flexibility index (Phi) is 6.10. The Morgan fingerprint density at radius 3 is 2.89 bits per heavy atom. The van der Waals surface area contributed by atoms with Crippen molar-refractivity contribution >= 4 is 5.91 Å². The Hall–Kier alpha value is -1.12. The van der Waals surface area contributed by atoms with Crippen LogP contribution in [-0.2, 0) is 14.3 Å². The van der Waals surface area contributed by atoms with Gasteiger partial charge < -0.3 is 14.4 Å². The summed E-state index contributed by atoms with van der Waals surface area (Å²) in [5.74, 6) is -0.251. The van der Waals surface area contributed by atoms with E-state index < -0.39 is 6.10 Å². The second kappa shape index (κ2) is 7.34. The summed E-state index contributed by atoms with van der Waals surface area (Å²) in [5.41, 5.74) is 0. The average Bonchev–Trinajstić information content (AvgIpc) is 2.87. The van der Waals surface area contributed by atoms with Gasteiger partial charge in [0, 0.05) is 20.2 Å². The molecule has 0 bridgehead atoms. The zero-order valence-electron chi connectivity index (χ0n) is 11.4. The molecule has 0 N–H and O–H groups in total. The molecule has 1 aliphatic heterocycles. The summed E-state index contributed by atoms with van der Waals surface area (Å²) in [4.78, 5) is 13.5. The van der Waals surface area contributed by atoms with Crippen molar-refractivity contribution in [1.29, 1.82) is 5.26 Å². The number of hydrogen-bond donors (Lipinski definition) is 0. The summed E-state index contributed by atoms with van der Waals surface area (Å²) in [6.07, 6.45) is 1.71. The molecule has 0 saturated carbocycles. The fraction of sp³-hybridized carbons (Fsp3) is 0.846. The number of carbonyl (C=O) groups excluding carboxylic acids is 1. The molecule has 1 fully saturated rings. The van der Waals surface area contributed by atoms with Crippen LogP contribution in [0.2, 0.25) is 0 Å². The summed E-state index contributed by atoms with van der Waals surface area (Å²) in [5, 5.41) is 8.72. The van der Waals surface area contributed by atoms with Gasteiger partial charge in [-0.2, -0.15) is 5.26 Å². The maximum Gasteiger partial charge on any atom is 0.251 e. The molecule has 0 spiro atoms. The second-order valence-corrected chi connectivity index (χ2v) is 4.86. The summed E-state index contributed by atoms with van der Waals surface area (Å²) < 4.78 is 11.0. The number of rotatable bonds is 6. The average molecular weight is 254 g/mol. The standard InChI is InChI=1S/C13H22N2O3/c1-10(7-14)8-15(3)13(16)11(2)18-9-12-5-4-6-17-12/h10-12H,4-6,8-9H2,1-3H3. The first-order valence-electron chi connectivity index (χ1n) is 6.42. The number of hydrogen-bond acceptors (Lipinski definition) is 4. The highest BCUT2D eigenvalue weighted by Gasteiger charge is 2.22. The van der Waals surface area contributed by atoms with Gasteiger partial charge in [0.15, 0.2) is 0 Å². The molecule has 1 heterocycles. The van der Waals surface area contributed by atoms with Crippen LogP contribution < -0.4 is 0 Å². The summed E-state index contributed by atoms with van der Waals surface area (Å²) in [7, 11) is 1.70. The monoisotopic (exact) mass is 254 g/mol. The van der Waals surface area contributed by atoms with Crippen LogP contribution in [0.5, 0.6) is 0 Å². The van der Waals surface area contributed by atoms with Gasteiger partial charge in [0.25, 0.3) is 5.91 Å². The minimum Gasteiger partial charge on any atom is -0.376 e. The van der Waals surface area contributed by atoms with Gasteiger partial charge >= 0.3 is 0 Å². The predicted octanol–water partition coefficient (Wildman–Crippen LogP) is 1.19. The molecule has 3 atom stereocenters. The number of nitrogens with zero attached hydrogens (tertiary/aromatic N) is 2. The van der Waals surface area contributed by atoms with Crippen LogP contribution in [0.4, 0.5) is 0 Å². The molecule has 1 aliphatic rings. The third-order valence-corrected chi connectivity index (χ3v) is 3.05. The van der Waals surface area contributed by atoms with Gasteiger partial charge in [0.2, 0.25) is 0 Å². The molecule has 5 nitrogen and oxygen atoms in total. The maximum absolute atomic E-state index is 11.9. The Morgan fingerprint density at radius 2 is 2.33 bits per heavy atom. The van der Waals surface area contributed by atoms with Crippen molar-refractivity contribution < 1.29 is 14.3 Å². The molecule has 0 aromatic carbocycles. The van der Waals surface area contributed by atoms with E-state index in [1.54, 1.807) is 25.8 Å². The van der Waals surface area contributed by atoms with E-state index in [0.29, 0.717) is 13.2 Å². The fourth-order valence-corrected chi connectivity index (χ4v) is 1.95. The predicted molar refractivity (Wildman–Crippen MR) is 66.8 cm³/mol. The van der Waals surface area contributed by atoms with Crippen molar-refractivity contribution in [2.75, 3.05) is 26.8 Å². The zero-order chi connectivity index (χ0) is 13.5. The number of amides is 1. The SMILES string of the molecule is CC(C#N)CN(C)C(=O)C(C)OCC1CCCO1. The second-order valence-electron chi connectivity index (χ2n) is 4.86. The minimum absolute atomic E-state index is 0.0879. The van der Waals surface area contributed by atoms with E-state index in [0.717, 1.165) is 19.4 Å². The van der Waals surface area contributed by atoms with E-state index in [9.17, 15) is 4.79 Å². The minimum atomic E-state index is -0.481. The molecule has 3 unspecified atom stereocenters. The van der Waals surface area contributed by atoms with Crippen LogP contribution >= 0.6 is 0 Å². The van der Waals surface area contributed by atoms with Crippen molar-refractivity contribution in [3.05, 3.63) is 0 Å².